The number of hydrogen-bond acceptors (Lipinski definition) is 2. The minimum atomic E-state index is -0.0179. The van der Waals surface area contributed by atoms with Crippen molar-refractivity contribution in [2.45, 2.75) is 59.4 Å². The molecule has 1 amide bonds. The first kappa shape index (κ1) is 15.4. The van der Waals surface area contributed by atoms with E-state index in [9.17, 15) is 4.79 Å². The number of amides is 1. The average Bonchev–Trinajstić information content (AvgIpc) is 2.16. The van der Waals surface area contributed by atoms with Gasteiger partial charge in [0, 0.05) is 19.0 Å². The van der Waals surface area contributed by atoms with Crippen LogP contribution in [0, 0.1) is 11.8 Å². The van der Waals surface area contributed by atoms with Gasteiger partial charge in [0.25, 0.3) is 0 Å². The molecule has 0 spiro atoms. The van der Waals surface area contributed by atoms with Crippen LogP contribution in [0.5, 0.6) is 0 Å². The van der Waals surface area contributed by atoms with Gasteiger partial charge in [-0.15, -0.1) is 0 Å². The lowest BCUT2D eigenvalue weighted by molar-refractivity contribution is -0.121. The molecule has 1 unspecified atom stereocenters. The van der Waals surface area contributed by atoms with Crippen molar-refractivity contribution in [1.29, 1.82) is 0 Å². The maximum atomic E-state index is 11.5. The van der Waals surface area contributed by atoms with Crippen LogP contribution in [-0.4, -0.2) is 18.5 Å². The van der Waals surface area contributed by atoms with Crippen LogP contribution in [-0.2, 0) is 4.79 Å². The van der Waals surface area contributed by atoms with Gasteiger partial charge in [-0.2, -0.15) is 0 Å². The molecular weight excluding hydrogens is 200 g/mol. The molecule has 0 aromatic carbocycles. The predicted octanol–water partition coefficient (Wildman–Crippen LogP) is 2.30. The molecule has 96 valence electrons. The Balaban J connectivity index is 3.44. The first-order valence-electron chi connectivity index (χ1n) is 6.45. The molecule has 0 saturated carbocycles. The number of carbonyl (C=O) groups is 1. The van der Waals surface area contributed by atoms with E-state index in [1.807, 2.05) is 13.8 Å². The van der Waals surface area contributed by atoms with Crippen LogP contribution in [0.25, 0.3) is 0 Å². The van der Waals surface area contributed by atoms with Crippen LogP contribution < -0.4 is 11.1 Å². The van der Waals surface area contributed by atoms with Gasteiger partial charge in [-0.25, -0.2) is 0 Å². The summed E-state index contributed by atoms with van der Waals surface area (Å²) in [7, 11) is 0. The Kier molecular flexibility index (Phi) is 8.26. The predicted molar refractivity (Wildman–Crippen MR) is 69.1 cm³/mol. The molecule has 0 heterocycles. The third-order valence-corrected chi connectivity index (χ3v) is 2.81. The lowest BCUT2D eigenvalue weighted by Gasteiger charge is -2.15. The Morgan fingerprint density at radius 1 is 1.19 bits per heavy atom. The highest BCUT2D eigenvalue weighted by atomic mass is 16.1. The fraction of sp³-hybridized carbons (Fsp3) is 0.923. The molecule has 0 rings (SSSR count). The normalized spacial score (nSPS) is 13.2. The zero-order chi connectivity index (χ0) is 12.6. The van der Waals surface area contributed by atoms with Crippen LogP contribution in [0.4, 0.5) is 0 Å². The van der Waals surface area contributed by atoms with Gasteiger partial charge in [-0.3, -0.25) is 4.79 Å². The van der Waals surface area contributed by atoms with Gasteiger partial charge < -0.3 is 11.1 Å². The standard InChI is InChI=1S/C13H28N2O/c1-10(2)7-5-6-8-15-13(16)9-12(14)11(3)4/h10-12H,5-9,14H2,1-4H3,(H,15,16). The Labute approximate surface area is 100 Å². The van der Waals surface area contributed by atoms with E-state index in [2.05, 4.69) is 19.2 Å². The highest BCUT2D eigenvalue weighted by Gasteiger charge is 2.12. The van der Waals surface area contributed by atoms with Gasteiger partial charge in [-0.05, 0) is 18.3 Å². The maximum Gasteiger partial charge on any atom is 0.221 e. The molecule has 0 aromatic heterocycles. The zero-order valence-electron chi connectivity index (χ0n) is 11.3. The quantitative estimate of drug-likeness (QED) is 0.626. The van der Waals surface area contributed by atoms with Crippen molar-refractivity contribution in [3.05, 3.63) is 0 Å². The Morgan fingerprint density at radius 2 is 1.81 bits per heavy atom. The summed E-state index contributed by atoms with van der Waals surface area (Å²) in [5.74, 6) is 1.21. The summed E-state index contributed by atoms with van der Waals surface area (Å²) in [6.45, 7) is 9.32. The Bertz CT molecular complexity index is 190. The third kappa shape index (κ3) is 8.72. The summed E-state index contributed by atoms with van der Waals surface area (Å²) >= 11 is 0. The van der Waals surface area contributed by atoms with Gasteiger partial charge in [0.1, 0.15) is 0 Å². The summed E-state index contributed by atoms with van der Waals surface area (Å²) in [5.41, 5.74) is 5.83. The second kappa shape index (κ2) is 8.57. The molecule has 0 aliphatic heterocycles. The van der Waals surface area contributed by atoms with E-state index in [-0.39, 0.29) is 11.9 Å². The number of nitrogens with one attached hydrogen (secondary N) is 1. The van der Waals surface area contributed by atoms with E-state index < -0.39 is 0 Å². The van der Waals surface area contributed by atoms with Gasteiger partial charge in [0.05, 0.1) is 0 Å². The highest BCUT2D eigenvalue weighted by molar-refractivity contribution is 5.76. The SMILES string of the molecule is CC(C)CCCCNC(=O)CC(N)C(C)C. The molecular formula is C13H28N2O. The van der Waals surface area contributed by atoms with Crippen LogP contribution in [0.15, 0.2) is 0 Å². The van der Waals surface area contributed by atoms with Crippen molar-refractivity contribution in [2.75, 3.05) is 6.54 Å². The highest BCUT2D eigenvalue weighted by Crippen LogP contribution is 2.05. The van der Waals surface area contributed by atoms with E-state index >= 15 is 0 Å². The topological polar surface area (TPSA) is 55.1 Å². The average molecular weight is 228 g/mol. The van der Waals surface area contributed by atoms with Crippen LogP contribution in [0.3, 0.4) is 0 Å². The first-order chi connectivity index (χ1) is 7.43. The molecule has 0 fully saturated rings. The monoisotopic (exact) mass is 228 g/mol. The van der Waals surface area contributed by atoms with Crippen molar-refractivity contribution in [2.24, 2.45) is 17.6 Å². The summed E-state index contributed by atoms with van der Waals surface area (Å²) in [5, 5.41) is 2.92. The van der Waals surface area contributed by atoms with Gasteiger partial charge in [-0.1, -0.05) is 40.5 Å². The fourth-order valence-electron chi connectivity index (χ4n) is 1.43. The van der Waals surface area contributed by atoms with Crippen LogP contribution in [0.2, 0.25) is 0 Å². The maximum absolute atomic E-state index is 11.5. The summed E-state index contributed by atoms with van der Waals surface area (Å²) in [4.78, 5) is 11.5. The molecule has 0 radical (unpaired) electrons. The number of unbranched alkanes of at least 4 members (excludes halogenated alkanes) is 1. The molecule has 0 aliphatic carbocycles. The second-order valence-electron chi connectivity index (χ2n) is 5.35. The van der Waals surface area contributed by atoms with E-state index in [1.165, 1.54) is 12.8 Å². The van der Waals surface area contributed by atoms with E-state index in [4.69, 9.17) is 5.73 Å². The number of hydrogen-bond donors (Lipinski definition) is 2. The second-order valence-corrected chi connectivity index (χ2v) is 5.35. The van der Waals surface area contributed by atoms with Crippen LogP contribution >= 0.6 is 0 Å². The lowest BCUT2D eigenvalue weighted by atomic mass is 10.0. The Morgan fingerprint density at radius 3 is 2.31 bits per heavy atom. The molecule has 16 heavy (non-hydrogen) atoms. The molecule has 3 nitrogen and oxygen atoms in total. The third-order valence-electron chi connectivity index (χ3n) is 2.81. The molecule has 1 atom stereocenters. The lowest BCUT2D eigenvalue weighted by Crippen LogP contribution is -2.35. The fourth-order valence-corrected chi connectivity index (χ4v) is 1.43. The van der Waals surface area contributed by atoms with E-state index in [0.29, 0.717) is 12.3 Å². The van der Waals surface area contributed by atoms with Crippen molar-refractivity contribution >= 4 is 5.91 Å². The molecule has 3 N–H and O–H groups in total. The van der Waals surface area contributed by atoms with Gasteiger partial charge >= 0.3 is 0 Å². The minimum Gasteiger partial charge on any atom is -0.356 e. The summed E-state index contributed by atoms with van der Waals surface area (Å²) < 4.78 is 0. The molecule has 0 saturated heterocycles. The van der Waals surface area contributed by atoms with Gasteiger partial charge in [0.15, 0.2) is 0 Å². The molecule has 0 bridgehead atoms. The zero-order valence-corrected chi connectivity index (χ0v) is 11.3. The smallest absolute Gasteiger partial charge is 0.221 e. The first-order valence-corrected chi connectivity index (χ1v) is 6.45. The summed E-state index contributed by atoms with van der Waals surface area (Å²) in [6.07, 6.45) is 3.94. The Hall–Kier alpha value is -0.570. The van der Waals surface area contributed by atoms with E-state index in [1.54, 1.807) is 0 Å². The van der Waals surface area contributed by atoms with E-state index in [0.717, 1.165) is 18.9 Å². The van der Waals surface area contributed by atoms with Crippen molar-refractivity contribution < 1.29 is 4.79 Å². The number of nitrogens with two attached hydrogens (primary N) is 1. The van der Waals surface area contributed by atoms with Gasteiger partial charge in [0.2, 0.25) is 5.91 Å². The number of carbonyl (C=O) groups excluding carboxylic acids is 1. The molecule has 0 aromatic rings. The minimum absolute atomic E-state index is 0.0179. The van der Waals surface area contributed by atoms with Crippen molar-refractivity contribution in [3.63, 3.8) is 0 Å². The van der Waals surface area contributed by atoms with Crippen molar-refractivity contribution in [1.82, 2.24) is 5.32 Å². The summed E-state index contributed by atoms with van der Waals surface area (Å²) in [6, 6.07) is -0.0179. The van der Waals surface area contributed by atoms with Crippen molar-refractivity contribution in [3.8, 4) is 0 Å². The number of rotatable bonds is 8. The molecule has 3 heteroatoms. The van der Waals surface area contributed by atoms with Crippen LogP contribution in [0.1, 0.15) is 53.4 Å². The molecule has 0 aliphatic rings. The largest absolute Gasteiger partial charge is 0.356 e.